The van der Waals surface area contributed by atoms with E-state index in [0.29, 0.717) is 18.1 Å². The number of halogens is 3. The monoisotopic (exact) mass is 433 g/mol. The second kappa shape index (κ2) is 8.64. The third-order valence-electron chi connectivity index (χ3n) is 5.55. The summed E-state index contributed by atoms with van der Waals surface area (Å²) >= 11 is 0. The lowest BCUT2D eigenvalue weighted by atomic mass is 10.00. The summed E-state index contributed by atoms with van der Waals surface area (Å²) in [5.74, 6) is 1.21. The maximum absolute atomic E-state index is 12.8. The van der Waals surface area contributed by atoms with Crippen LogP contribution < -0.4 is 4.74 Å². The highest BCUT2D eigenvalue weighted by molar-refractivity contribution is 5.35. The molecule has 0 amide bonds. The standard InChI is InChI=1S/C21H22F3N5O2/c1-31-17-10-4-14(5-11-17)20(30)18-3-2-12-28(18)13-19-25-26-27-29(19)16-8-6-15(7-9-16)21(22,23)24/h4-11,18,20,30H,2-3,12-13H2,1H3. The van der Waals surface area contributed by atoms with Gasteiger partial charge in [0.15, 0.2) is 5.82 Å². The van der Waals surface area contributed by atoms with Crippen LogP contribution in [0, 0.1) is 0 Å². The van der Waals surface area contributed by atoms with Gasteiger partial charge in [-0.1, -0.05) is 12.1 Å². The first-order valence-electron chi connectivity index (χ1n) is 9.88. The van der Waals surface area contributed by atoms with Crippen LogP contribution in [0.5, 0.6) is 5.75 Å². The van der Waals surface area contributed by atoms with E-state index in [9.17, 15) is 18.3 Å². The lowest BCUT2D eigenvalue weighted by Gasteiger charge is -2.28. The summed E-state index contributed by atoms with van der Waals surface area (Å²) in [6.07, 6.45) is -3.36. The maximum Gasteiger partial charge on any atom is 0.416 e. The molecule has 2 atom stereocenters. The third-order valence-corrected chi connectivity index (χ3v) is 5.55. The van der Waals surface area contributed by atoms with Crippen LogP contribution in [-0.4, -0.2) is 49.9 Å². The Morgan fingerprint density at radius 1 is 1.13 bits per heavy atom. The van der Waals surface area contributed by atoms with Crippen molar-refractivity contribution >= 4 is 0 Å². The van der Waals surface area contributed by atoms with E-state index in [1.165, 1.54) is 16.8 Å². The van der Waals surface area contributed by atoms with Crippen LogP contribution >= 0.6 is 0 Å². The number of aliphatic hydroxyl groups excluding tert-OH is 1. The SMILES string of the molecule is COc1ccc(C(O)C2CCCN2Cc2nnnn2-c2ccc(C(F)(F)F)cc2)cc1. The van der Waals surface area contributed by atoms with Gasteiger partial charge in [0.05, 0.1) is 31.0 Å². The zero-order chi connectivity index (χ0) is 22.0. The highest BCUT2D eigenvalue weighted by Crippen LogP contribution is 2.32. The molecule has 1 saturated heterocycles. The molecule has 3 aromatic rings. The molecule has 1 aliphatic rings. The molecule has 7 nitrogen and oxygen atoms in total. The number of benzene rings is 2. The summed E-state index contributed by atoms with van der Waals surface area (Å²) in [4.78, 5) is 2.10. The Hall–Kier alpha value is -2.98. The summed E-state index contributed by atoms with van der Waals surface area (Å²) in [6, 6.07) is 11.9. The van der Waals surface area contributed by atoms with Gasteiger partial charge in [0.1, 0.15) is 5.75 Å². The molecule has 1 aliphatic heterocycles. The quantitative estimate of drug-likeness (QED) is 0.642. The third kappa shape index (κ3) is 4.54. The van der Waals surface area contributed by atoms with Crippen LogP contribution in [-0.2, 0) is 12.7 Å². The number of aliphatic hydroxyl groups is 1. The molecule has 2 heterocycles. The molecule has 4 rings (SSSR count). The smallest absolute Gasteiger partial charge is 0.416 e. The van der Waals surface area contributed by atoms with Crippen LogP contribution in [0.1, 0.15) is 35.9 Å². The van der Waals surface area contributed by atoms with Gasteiger partial charge >= 0.3 is 6.18 Å². The molecule has 2 unspecified atom stereocenters. The summed E-state index contributed by atoms with van der Waals surface area (Å²) in [5, 5.41) is 22.6. The first kappa shape index (κ1) is 21.3. The highest BCUT2D eigenvalue weighted by atomic mass is 19.4. The van der Waals surface area contributed by atoms with Crippen LogP contribution in [0.15, 0.2) is 48.5 Å². The molecule has 1 N–H and O–H groups in total. The zero-order valence-corrected chi connectivity index (χ0v) is 16.8. The average molecular weight is 433 g/mol. The van der Waals surface area contributed by atoms with Crippen molar-refractivity contribution in [2.75, 3.05) is 13.7 Å². The number of aromatic nitrogens is 4. The highest BCUT2D eigenvalue weighted by Gasteiger charge is 2.33. The minimum absolute atomic E-state index is 0.119. The number of likely N-dealkylation sites (tertiary alicyclic amines) is 1. The first-order valence-corrected chi connectivity index (χ1v) is 9.88. The molecule has 1 aromatic heterocycles. The van der Waals surface area contributed by atoms with Crippen molar-refractivity contribution in [1.29, 1.82) is 0 Å². The number of hydrogen-bond acceptors (Lipinski definition) is 6. The molecule has 164 valence electrons. The minimum atomic E-state index is -4.40. The van der Waals surface area contributed by atoms with Gasteiger partial charge in [-0.05, 0) is 71.8 Å². The Kier molecular flexibility index (Phi) is 5.92. The van der Waals surface area contributed by atoms with E-state index in [1.807, 2.05) is 24.3 Å². The summed E-state index contributed by atoms with van der Waals surface area (Å²) < 4.78 is 45.1. The Balaban J connectivity index is 1.51. The predicted octanol–water partition coefficient (Wildman–Crippen LogP) is 3.39. The average Bonchev–Trinajstić information content (AvgIpc) is 3.43. The van der Waals surface area contributed by atoms with E-state index in [1.54, 1.807) is 7.11 Å². The van der Waals surface area contributed by atoms with Gasteiger partial charge in [-0.15, -0.1) is 5.10 Å². The first-order chi connectivity index (χ1) is 14.9. The van der Waals surface area contributed by atoms with Crippen LogP contribution in [0.3, 0.4) is 0 Å². The summed E-state index contributed by atoms with van der Waals surface area (Å²) in [5.41, 5.74) is 0.507. The van der Waals surface area contributed by atoms with Crippen molar-refractivity contribution < 1.29 is 23.0 Å². The molecular formula is C21H22F3N5O2. The number of rotatable bonds is 6. The van der Waals surface area contributed by atoms with Gasteiger partial charge < -0.3 is 9.84 Å². The molecule has 0 saturated carbocycles. The van der Waals surface area contributed by atoms with Crippen LogP contribution in [0.25, 0.3) is 5.69 Å². The van der Waals surface area contributed by atoms with E-state index in [0.717, 1.165) is 42.8 Å². The Morgan fingerprint density at radius 2 is 1.84 bits per heavy atom. The fraction of sp³-hybridized carbons (Fsp3) is 0.381. The normalized spacial score (nSPS) is 18.3. The topological polar surface area (TPSA) is 76.3 Å². The Morgan fingerprint density at radius 3 is 2.48 bits per heavy atom. The molecular weight excluding hydrogens is 411 g/mol. The van der Waals surface area contributed by atoms with Crippen molar-refractivity contribution in [3.05, 3.63) is 65.5 Å². The van der Waals surface area contributed by atoms with Crippen molar-refractivity contribution in [1.82, 2.24) is 25.1 Å². The van der Waals surface area contributed by atoms with E-state index < -0.39 is 17.8 Å². The zero-order valence-electron chi connectivity index (χ0n) is 16.8. The van der Waals surface area contributed by atoms with Gasteiger partial charge in [-0.25, -0.2) is 0 Å². The molecule has 31 heavy (non-hydrogen) atoms. The molecule has 1 fully saturated rings. The molecule has 0 spiro atoms. The lowest BCUT2D eigenvalue weighted by molar-refractivity contribution is -0.137. The number of tetrazole rings is 1. The second-order valence-electron chi connectivity index (χ2n) is 7.45. The van der Waals surface area contributed by atoms with Gasteiger partial charge in [0.25, 0.3) is 0 Å². The molecule has 2 aromatic carbocycles. The van der Waals surface area contributed by atoms with Crippen molar-refractivity contribution in [2.24, 2.45) is 0 Å². The van der Waals surface area contributed by atoms with Crippen LogP contribution in [0.2, 0.25) is 0 Å². The predicted molar refractivity (Wildman–Crippen MR) is 106 cm³/mol. The van der Waals surface area contributed by atoms with Crippen molar-refractivity contribution in [3.63, 3.8) is 0 Å². The van der Waals surface area contributed by atoms with Gasteiger partial charge in [-0.2, -0.15) is 17.9 Å². The van der Waals surface area contributed by atoms with Crippen molar-refractivity contribution in [3.8, 4) is 11.4 Å². The van der Waals surface area contributed by atoms with Crippen LogP contribution in [0.4, 0.5) is 13.2 Å². The second-order valence-corrected chi connectivity index (χ2v) is 7.45. The number of methoxy groups -OCH3 is 1. The maximum atomic E-state index is 12.8. The van der Waals surface area contributed by atoms with E-state index >= 15 is 0 Å². The Labute approximate surface area is 177 Å². The van der Waals surface area contributed by atoms with E-state index in [4.69, 9.17) is 4.74 Å². The fourth-order valence-corrected chi connectivity index (χ4v) is 3.91. The molecule has 0 bridgehead atoms. The minimum Gasteiger partial charge on any atom is -0.497 e. The summed E-state index contributed by atoms with van der Waals surface area (Å²) in [7, 11) is 1.59. The van der Waals surface area contributed by atoms with Gasteiger partial charge in [0.2, 0.25) is 0 Å². The number of alkyl halides is 3. The number of ether oxygens (including phenoxy) is 1. The van der Waals surface area contributed by atoms with Crippen molar-refractivity contribution in [2.45, 2.75) is 37.7 Å². The van der Waals surface area contributed by atoms with Gasteiger partial charge in [-0.3, -0.25) is 4.90 Å². The van der Waals surface area contributed by atoms with Gasteiger partial charge in [0, 0.05) is 6.04 Å². The molecule has 0 aliphatic carbocycles. The molecule has 10 heteroatoms. The largest absolute Gasteiger partial charge is 0.497 e. The van der Waals surface area contributed by atoms with E-state index in [-0.39, 0.29) is 6.04 Å². The fourth-order valence-electron chi connectivity index (χ4n) is 3.91. The number of hydrogen-bond donors (Lipinski definition) is 1. The lowest BCUT2D eigenvalue weighted by Crippen LogP contribution is -2.35. The summed E-state index contributed by atoms with van der Waals surface area (Å²) in [6.45, 7) is 1.13. The molecule has 0 radical (unpaired) electrons. The van der Waals surface area contributed by atoms with E-state index in [2.05, 4.69) is 20.4 Å². The Bertz CT molecular complexity index is 1010. The number of nitrogens with zero attached hydrogens (tertiary/aromatic N) is 5.